The Morgan fingerprint density at radius 3 is 2.36 bits per heavy atom. The number of carbonyl (C=O) groups excluding carboxylic acids is 2. The third-order valence-corrected chi connectivity index (χ3v) is 4.15. The number of halogens is 1. The van der Waals surface area contributed by atoms with Gasteiger partial charge in [0.05, 0.1) is 18.2 Å². The van der Waals surface area contributed by atoms with Crippen molar-refractivity contribution >= 4 is 34.4 Å². The molecule has 0 aliphatic carbocycles. The molecule has 114 valence electrons. The van der Waals surface area contributed by atoms with E-state index in [2.05, 4.69) is 33.2 Å². The zero-order valence-electron chi connectivity index (χ0n) is 12.2. The van der Waals surface area contributed by atoms with Crippen molar-refractivity contribution in [3.8, 4) is 0 Å². The Morgan fingerprint density at radius 1 is 1.05 bits per heavy atom. The molecule has 2 N–H and O–H groups in total. The Hall–Kier alpha value is -1.89. The standard InChI is InChI=1S/C17H17IN2O2/c1-12(13-7-3-2-4-8-13)20-16(21)11-19-17(22)14-9-5-6-10-15(14)18/h2-10,12H,11H2,1H3,(H,19,22)(H,20,21)/t12-/m1/s1. The lowest BCUT2D eigenvalue weighted by Crippen LogP contribution is -2.38. The fourth-order valence-corrected chi connectivity index (χ4v) is 2.65. The Kier molecular flexibility index (Phi) is 5.94. The zero-order chi connectivity index (χ0) is 15.9. The SMILES string of the molecule is C[C@@H](NC(=O)CNC(=O)c1ccccc1I)c1ccccc1. The first-order valence-corrected chi connectivity index (χ1v) is 8.03. The molecule has 0 aliphatic heterocycles. The van der Waals surface area contributed by atoms with Crippen molar-refractivity contribution in [3.05, 3.63) is 69.3 Å². The first kappa shape index (κ1) is 16.5. The summed E-state index contributed by atoms with van der Waals surface area (Å²) in [5.74, 6) is -0.455. The molecule has 22 heavy (non-hydrogen) atoms. The monoisotopic (exact) mass is 408 g/mol. The Morgan fingerprint density at radius 2 is 1.68 bits per heavy atom. The Bertz CT molecular complexity index is 659. The van der Waals surface area contributed by atoms with Crippen molar-refractivity contribution in [1.29, 1.82) is 0 Å². The van der Waals surface area contributed by atoms with Gasteiger partial charge < -0.3 is 10.6 Å². The number of amides is 2. The quantitative estimate of drug-likeness (QED) is 0.748. The first-order chi connectivity index (χ1) is 10.6. The van der Waals surface area contributed by atoms with Gasteiger partial charge in [-0.15, -0.1) is 0 Å². The summed E-state index contributed by atoms with van der Waals surface area (Å²) in [6.45, 7) is 1.87. The van der Waals surface area contributed by atoms with Crippen LogP contribution >= 0.6 is 22.6 Å². The molecule has 2 aromatic rings. The van der Waals surface area contributed by atoms with Crippen LogP contribution < -0.4 is 10.6 Å². The van der Waals surface area contributed by atoms with E-state index in [1.54, 1.807) is 12.1 Å². The summed E-state index contributed by atoms with van der Waals surface area (Å²) in [5, 5.41) is 5.50. The van der Waals surface area contributed by atoms with E-state index in [0.717, 1.165) is 9.13 Å². The second kappa shape index (κ2) is 7.93. The van der Waals surface area contributed by atoms with Crippen molar-refractivity contribution in [3.63, 3.8) is 0 Å². The highest BCUT2D eigenvalue weighted by Crippen LogP contribution is 2.12. The minimum absolute atomic E-state index is 0.0407. The number of nitrogens with one attached hydrogen (secondary N) is 2. The average Bonchev–Trinajstić information content (AvgIpc) is 2.54. The molecule has 0 heterocycles. The molecule has 0 saturated heterocycles. The van der Waals surface area contributed by atoms with E-state index in [0.29, 0.717) is 5.56 Å². The Labute approximate surface area is 143 Å². The molecule has 2 amide bonds. The molecule has 0 spiro atoms. The number of hydrogen-bond acceptors (Lipinski definition) is 2. The van der Waals surface area contributed by atoms with Crippen molar-refractivity contribution in [2.45, 2.75) is 13.0 Å². The molecule has 0 fully saturated rings. The normalized spacial score (nSPS) is 11.5. The van der Waals surface area contributed by atoms with Crippen molar-refractivity contribution in [2.24, 2.45) is 0 Å². The third-order valence-electron chi connectivity index (χ3n) is 3.21. The van der Waals surface area contributed by atoms with Crippen LogP contribution in [0.4, 0.5) is 0 Å². The van der Waals surface area contributed by atoms with E-state index >= 15 is 0 Å². The van der Waals surface area contributed by atoms with Gasteiger partial charge in [-0.05, 0) is 47.2 Å². The van der Waals surface area contributed by atoms with Gasteiger partial charge in [0.15, 0.2) is 0 Å². The lowest BCUT2D eigenvalue weighted by atomic mass is 10.1. The van der Waals surface area contributed by atoms with E-state index in [1.165, 1.54) is 0 Å². The predicted molar refractivity (Wildman–Crippen MR) is 94.5 cm³/mol. The van der Waals surface area contributed by atoms with Gasteiger partial charge in [-0.3, -0.25) is 9.59 Å². The van der Waals surface area contributed by atoms with Gasteiger partial charge in [0, 0.05) is 3.57 Å². The van der Waals surface area contributed by atoms with Crippen LogP contribution in [0.3, 0.4) is 0 Å². The maximum absolute atomic E-state index is 12.0. The highest BCUT2D eigenvalue weighted by molar-refractivity contribution is 14.1. The van der Waals surface area contributed by atoms with Crippen LogP contribution in [0, 0.1) is 3.57 Å². The second-order valence-corrected chi connectivity index (χ2v) is 6.02. The molecule has 0 unspecified atom stereocenters. The Balaban J connectivity index is 1.85. The van der Waals surface area contributed by atoms with Gasteiger partial charge in [0.1, 0.15) is 0 Å². The van der Waals surface area contributed by atoms with Crippen LogP contribution in [-0.4, -0.2) is 18.4 Å². The van der Waals surface area contributed by atoms with E-state index in [1.807, 2.05) is 49.4 Å². The van der Waals surface area contributed by atoms with Crippen LogP contribution in [0.2, 0.25) is 0 Å². The van der Waals surface area contributed by atoms with Gasteiger partial charge in [-0.25, -0.2) is 0 Å². The third kappa shape index (κ3) is 4.56. The summed E-state index contributed by atoms with van der Waals surface area (Å²) < 4.78 is 0.857. The van der Waals surface area contributed by atoms with Gasteiger partial charge in [0.25, 0.3) is 5.91 Å². The number of carbonyl (C=O) groups is 2. The summed E-state index contributed by atoms with van der Waals surface area (Å²) in [5.41, 5.74) is 1.60. The molecular weight excluding hydrogens is 391 g/mol. The van der Waals surface area contributed by atoms with Crippen LogP contribution in [0.1, 0.15) is 28.9 Å². The molecular formula is C17H17IN2O2. The van der Waals surface area contributed by atoms with E-state index in [-0.39, 0.29) is 24.4 Å². The lowest BCUT2D eigenvalue weighted by molar-refractivity contribution is -0.120. The van der Waals surface area contributed by atoms with Crippen molar-refractivity contribution in [2.75, 3.05) is 6.54 Å². The van der Waals surface area contributed by atoms with Crippen molar-refractivity contribution in [1.82, 2.24) is 10.6 Å². The maximum Gasteiger partial charge on any atom is 0.252 e. The van der Waals surface area contributed by atoms with Crippen LogP contribution in [0.25, 0.3) is 0 Å². The molecule has 0 saturated carbocycles. The average molecular weight is 408 g/mol. The number of rotatable bonds is 5. The lowest BCUT2D eigenvalue weighted by Gasteiger charge is -2.14. The molecule has 0 aliphatic rings. The van der Waals surface area contributed by atoms with Crippen LogP contribution in [0.15, 0.2) is 54.6 Å². The largest absolute Gasteiger partial charge is 0.348 e. The van der Waals surface area contributed by atoms with Gasteiger partial charge >= 0.3 is 0 Å². The van der Waals surface area contributed by atoms with E-state index in [9.17, 15) is 9.59 Å². The molecule has 2 rings (SSSR count). The molecule has 0 radical (unpaired) electrons. The smallest absolute Gasteiger partial charge is 0.252 e. The highest BCUT2D eigenvalue weighted by atomic mass is 127. The molecule has 4 nitrogen and oxygen atoms in total. The molecule has 0 bridgehead atoms. The maximum atomic E-state index is 12.0. The van der Waals surface area contributed by atoms with E-state index in [4.69, 9.17) is 0 Å². The second-order valence-electron chi connectivity index (χ2n) is 4.86. The molecule has 5 heteroatoms. The van der Waals surface area contributed by atoms with Gasteiger partial charge in [0.2, 0.25) is 5.91 Å². The summed E-state index contributed by atoms with van der Waals surface area (Å²) in [6.07, 6.45) is 0. The van der Waals surface area contributed by atoms with Gasteiger partial charge in [-0.1, -0.05) is 42.5 Å². The van der Waals surface area contributed by atoms with Crippen LogP contribution in [0.5, 0.6) is 0 Å². The fourth-order valence-electron chi connectivity index (χ4n) is 2.02. The predicted octanol–water partition coefficient (Wildman–Crippen LogP) is 2.90. The van der Waals surface area contributed by atoms with Crippen molar-refractivity contribution < 1.29 is 9.59 Å². The summed E-state index contributed by atoms with van der Waals surface area (Å²) >= 11 is 2.10. The molecule has 0 aromatic heterocycles. The molecule has 2 aromatic carbocycles. The van der Waals surface area contributed by atoms with E-state index < -0.39 is 0 Å². The number of hydrogen-bond donors (Lipinski definition) is 2. The summed E-state index contributed by atoms with van der Waals surface area (Å²) in [6, 6.07) is 16.9. The summed E-state index contributed by atoms with van der Waals surface area (Å²) in [4.78, 5) is 23.9. The van der Waals surface area contributed by atoms with Gasteiger partial charge in [-0.2, -0.15) is 0 Å². The topological polar surface area (TPSA) is 58.2 Å². The number of benzene rings is 2. The minimum atomic E-state index is -0.243. The summed E-state index contributed by atoms with van der Waals surface area (Å²) in [7, 11) is 0. The molecule has 1 atom stereocenters. The zero-order valence-corrected chi connectivity index (χ0v) is 14.3. The minimum Gasteiger partial charge on any atom is -0.348 e. The first-order valence-electron chi connectivity index (χ1n) is 6.95. The van der Waals surface area contributed by atoms with Crippen LogP contribution in [-0.2, 0) is 4.79 Å². The highest BCUT2D eigenvalue weighted by Gasteiger charge is 2.12. The fraction of sp³-hybridized carbons (Fsp3) is 0.176.